The number of methoxy groups -OCH3 is 1. The molecule has 3 saturated carbocycles. The summed E-state index contributed by atoms with van der Waals surface area (Å²) in [4.78, 5) is 15.9. The van der Waals surface area contributed by atoms with E-state index < -0.39 is 5.83 Å². The molecule has 2 atom stereocenters. The molecule has 6 heteroatoms. The lowest BCUT2D eigenvalue weighted by molar-refractivity contribution is -0.153. The molecule has 0 aromatic heterocycles. The van der Waals surface area contributed by atoms with Gasteiger partial charge in [0.2, 0.25) is 0 Å². The van der Waals surface area contributed by atoms with E-state index in [9.17, 15) is 9.18 Å². The van der Waals surface area contributed by atoms with E-state index in [0.29, 0.717) is 11.8 Å². The molecule has 0 aromatic carbocycles. The van der Waals surface area contributed by atoms with Crippen molar-refractivity contribution in [3.05, 3.63) is 12.0 Å². The Bertz CT molecular complexity index is 428. The van der Waals surface area contributed by atoms with Gasteiger partial charge < -0.3 is 15.8 Å². The molecule has 2 bridgehead atoms. The van der Waals surface area contributed by atoms with Crippen molar-refractivity contribution in [2.24, 2.45) is 28.5 Å². The maximum atomic E-state index is 13.6. The van der Waals surface area contributed by atoms with Gasteiger partial charge in [-0.3, -0.25) is 9.79 Å². The summed E-state index contributed by atoms with van der Waals surface area (Å²) in [5.74, 6) is -0.268. The number of carbonyl (C=O) groups excluding carboxylic acids is 1. The maximum Gasteiger partial charge on any atom is 0.311 e. The zero-order valence-corrected chi connectivity index (χ0v) is 11.9. The highest BCUT2D eigenvalue weighted by Gasteiger charge is 2.48. The average molecular weight is 283 g/mol. The van der Waals surface area contributed by atoms with Crippen LogP contribution in [0.25, 0.3) is 0 Å². The molecule has 20 heavy (non-hydrogen) atoms. The van der Waals surface area contributed by atoms with Crippen molar-refractivity contribution in [1.82, 2.24) is 5.32 Å². The van der Waals surface area contributed by atoms with Crippen LogP contribution in [-0.4, -0.2) is 32.0 Å². The Hall–Kier alpha value is -1.59. The van der Waals surface area contributed by atoms with Gasteiger partial charge in [0.1, 0.15) is 0 Å². The van der Waals surface area contributed by atoms with E-state index in [0.717, 1.165) is 31.9 Å². The third-order valence-electron chi connectivity index (χ3n) is 4.59. The van der Waals surface area contributed by atoms with Crippen LogP contribution in [0.2, 0.25) is 0 Å². The molecule has 0 aromatic rings. The number of hydrogen-bond acceptors (Lipinski definition) is 4. The normalized spacial score (nSPS) is 34.0. The average Bonchev–Trinajstić information content (AvgIpc) is 2.51. The van der Waals surface area contributed by atoms with Crippen LogP contribution in [0.15, 0.2) is 17.0 Å². The number of halogens is 1. The molecule has 3 fully saturated rings. The fourth-order valence-electron chi connectivity index (χ4n) is 3.61. The summed E-state index contributed by atoms with van der Waals surface area (Å²) in [6, 6.07) is -0.126. The Morgan fingerprint density at radius 1 is 1.35 bits per heavy atom. The molecule has 0 spiro atoms. The van der Waals surface area contributed by atoms with E-state index in [1.807, 2.05) is 0 Å². The highest BCUT2D eigenvalue weighted by molar-refractivity contribution is 5.96. The molecule has 3 aliphatic carbocycles. The maximum absolute atomic E-state index is 13.6. The number of ether oxygens (including phenoxy) is 1. The number of amidine groups is 1. The molecule has 3 rings (SSSR count). The van der Waals surface area contributed by atoms with Gasteiger partial charge >= 0.3 is 5.97 Å². The van der Waals surface area contributed by atoms with Crippen molar-refractivity contribution in [2.75, 3.05) is 14.2 Å². The first-order valence-electron chi connectivity index (χ1n) is 7.01. The molecule has 0 aliphatic heterocycles. The van der Waals surface area contributed by atoms with Crippen LogP contribution >= 0.6 is 0 Å². The predicted molar refractivity (Wildman–Crippen MR) is 74.6 cm³/mol. The molecule has 3 N–H and O–H groups in total. The molecule has 0 radical (unpaired) electrons. The molecule has 3 aliphatic rings. The first-order valence-corrected chi connectivity index (χ1v) is 7.01. The summed E-state index contributed by atoms with van der Waals surface area (Å²) in [5, 5.41) is 3.08. The van der Waals surface area contributed by atoms with Gasteiger partial charge in [0, 0.05) is 19.3 Å². The van der Waals surface area contributed by atoms with E-state index in [1.165, 1.54) is 14.2 Å². The van der Waals surface area contributed by atoms with Crippen molar-refractivity contribution in [3.63, 3.8) is 0 Å². The monoisotopic (exact) mass is 283 g/mol. The molecule has 0 amide bonds. The number of nitrogens with two attached hydrogens (primary N) is 1. The molecule has 0 heterocycles. The molecule has 5 nitrogen and oxygen atoms in total. The third kappa shape index (κ3) is 2.64. The first kappa shape index (κ1) is 14.8. The third-order valence-corrected chi connectivity index (χ3v) is 4.59. The minimum absolute atomic E-state index is 0.110. The zero-order valence-electron chi connectivity index (χ0n) is 11.9. The van der Waals surface area contributed by atoms with E-state index in [4.69, 9.17) is 10.5 Å². The van der Waals surface area contributed by atoms with Crippen LogP contribution in [-0.2, 0) is 9.53 Å². The number of hydrogen-bond donors (Lipinski definition) is 2. The number of nitrogens with one attached hydrogen (secondary N) is 1. The zero-order chi connectivity index (χ0) is 14.7. The number of esters is 1. The van der Waals surface area contributed by atoms with Crippen molar-refractivity contribution in [1.29, 1.82) is 0 Å². The summed E-state index contributed by atoms with van der Waals surface area (Å²) in [6.45, 7) is 0. The van der Waals surface area contributed by atoms with Gasteiger partial charge in [-0.05, 0) is 37.5 Å². The van der Waals surface area contributed by atoms with Crippen molar-refractivity contribution >= 4 is 11.8 Å². The number of nitrogens with zero attached hydrogens (tertiary/aromatic N) is 1. The number of aliphatic imine (C=N–C) groups is 1. The Balaban J connectivity index is 2.20. The summed E-state index contributed by atoms with van der Waals surface area (Å²) >= 11 is 0. The van der Waals surface area contributed by atoms with Crippen LogP contribution in [0, 0.1) is 17.8 Å². The van der Waals surface area contributed by atoms with Crippen LogP contribution in [0.5, 0.6) is 0 Å². The molecule has 0 unspecified atom stereocenters. The fraction of sp³-hybridized carbons (Fsp3) is 0.714. The van der Waals surface area contributed by atoms with Crippen molar-refractivity contribution in [3.8, 4) is 0 Å². The van der Waals surface area contributed by atoms with Gasteiger partial charge in [0.25, 0.3) is 0 Å². The highest BCUT2D eigenvalue weighted by atomic mass is 19.1. The van der Waals surface area contributed by atoms with Gasteiger partial charge in [-0.1, -0.05) is 0 Å². The molecular weight excluding hydrogens is 261 g/mol. The summed E-state index contributed by atoms with van der Waals surface area (Å²) < 4.78 is 18.6. The minimum Gasteiger partial charge on any atom is -0.469 e. The van der Waals surface area contributed by atoms with Crippen molar-refractivity contribution < 1.29 is 13.9 Å². The Morgan fingerprint density at radius 3 is 2.45 bits per heavy atom. The van der Waals surface area contributed by atoms with Gasteiger partial charge in [-0.2, -0.15) is 0 Å². The van der Waals surface area contributed by atoms with E-state index in [1.54, 1.807) is 0 Å². The lowest BCUT2D eigenvalue weighted by Gasteiger charge is -2.47. The SMILES string of the molecule is CN=C(N[C@H]1C2CCC(CC2)[C@@H]1C(=O)OC)/C(F)=C\N. The second-order valence-corrected chi connectivity index (χ2v) is 5.48. The summed E-state index contributed by atoms with van der Waals surface area (Å²) in [5.41, 5.74) is 5.20. The van der Waals surface area contributed by atoms with E-state index in [2.05, 4.69) is 10.3 Å². The summed E-state index contributed by atoms with van der Waals surface area (Å²) in [6.07, 6.45) is 5.07. The predicted octanol–water partition coefficient (Wildman–Crippen LogP) is 1.35. The fourth-order valence-corrected chi connectivity index (χ4v) is 3.61. The van der Waals surface area contributed by atoms with Crippen LogP contribution < -0.4 is 11.1 Å². The van der Waals surface area contributed by atoms with Crippen LogP contribution in [0.4, 0.5) is 4.39 Å². The smallest absolute Gasteiger partial charge is 0.311 e. The Morgan fingerprint density at radius 2 is 1.95 bits per heavy atom. The largest absolute Gasteiger partial charge is 0.469 e. The number of fused-ring (bicyclic) bond motifs is 3. The quantitative estimate of drug-likeness (QED) is 0.466. The highest BCUT2D eigenvalue weighted by Crippen LogP contribution is 2.45. The lowest BCUT2D eigenvalue weighted by atomic mass is 9.61. The van der Waals surface area contributed by atoms with E-state index in [-0.39, 0.29) is 23.8 Å². The lowest BCUT2D eigenvalue weighted by Crippen LogP contribution is -2.56. The minimum atomic E-state index is -0.599. The van der Waals surface area contributed by atoms with Gasteiger partial charge in [0.05, 0.1) is 13.0 Å². The number of rotatable bonds is 3. The molecule has 0 saturated heterocycles. The van der Waals surface area contributed by atoms with Crippen LogP contribution in [0.3, 0.4) is 0 Å². The second-order valence-electron chi connectivity index (χ2n) is 5.48. The molecule has 112 valence electrons. The van der Waals surface area contributed by atoms with E-state index >= 15 is 0 Å². The van der Waals surface area contributed by atoms with Crippen molar-refractivity contribution in [2.45, 2.75) is 31.7 Å². The Kier molecular flexibility index (Phi) is 4.62. The second kappa shape index (κ2) is 6.24. The number of carbonyl (C=O) groups is 1. The Labute approximate surface area is 118 Å². The van der Waals surface area contributed by atoms with Gasteiger partial charge in [0.15, 0.2) is 11.7 Å². The molecular formula is C14H22FN3O2. The van der Waals surface area contributed by atoms with Gasteiger partial charge in [-0.25, -0.2) is 4.39 Å². The standard InChI is InChI=1S/C14H22FN3O2/c1-17-13(10(15)7-16)18-12-9-5-3-8(4-6-9)11(12)14(19)20-2/h7-9,11-12H,3-6,16H2,1-2H3,(H,17,18)/b10-7+/t8?,9?,11-,12-/m0/s1. The topological polar surface area (TPSA) is 76.7 Å². The summed E-state index contributed by atoms with van der Waals surface area (Å²) in [7, 11) is 2.90. The first-order chi connectivity index (χ1) is 9.62. The van der Waals surface area contributed by atoms with Crippen LogP contribution in [0.1, 0.15) is 25.7 Å². The van der Waals surface area contributed by atoms with Gasteiger partial charge in [-0.15, -0.1) is 0 Å².